The zero-order valence-corrected chi connectivity index (χ0v) is 24.9. The van der Waals surface area contributed by atoms with Gasteiger partial charge >= 0.3 is 0 Å². The minimum atomic E-state index is -0.580. The van der Waals surface area contributed by atoms with Crippen molar-refractivity contribution in [1.29, 1.82) is 0 Å². The van der Waals surface area contributed by atoms with E-state index in [0.29, 0.717) is 0 Å². The number of hydrogen-bond acceptors (Lipinski definition) is 2. The number of anilines is 2. The Balaban J connectivity index is 1.48. The van der Waals surface area contributed by atoms with E-state index >= 15 is 0 Å². The monoisotopic (exact) mass is 577 g/mol. The minimum absolute atomic E-state index is 0.580. The molecule has 0 N–H and O–H groups in total. The fourth-order valence-electron chi connectivity index (χ4n) is 7.69. The summed E-state index contributed by atoms with van der Waals surface area (Å²) >= 11 is 0. The van der Waals surface area contributed by atoms with Crippen LogP contribution in [0.4, 0.5) is 11.4 Å². The van der Waals surface area contributed by atoms with Crippen LogP contribution in [-0.4, -0.2) is 0 Å². The van der Waals surface area contributed by atoms with Gasteiger partial charge in [0.15, 0.2) is 0 Å². The summed E-state index contributed by atoms with van der Waals surface area (Å²) in [5.41, 5.74) is 12.2. The number of hydrogen-bond donors (Lipinski definition) is 0. The van der Waals surface area contributed by atoms with Gasteiger partial charge in [-0.25, -0.2) is 0 Å². The van der Waals surface area contributed by atoms with Crippen LogP contribution >= 0.6 is 0 Å². The lowest BCUT2D eigenvalue weighted by molar-refractivity contribution is 0.665. The Morgan fingerprint density at radius 1 is 0.533 bits per heavy atom. The smallest absolute Gasteiger partial charge is 0.135 e. The average Bonchev–Trinajstić information content (AvgIpc) is 3.63. The van der Waals surface area contributed by atoms with Gasteiger partial charge in [0.1, 0.15) is 11.2 Å². The zero-order chi connectivity index (χ0) is 29.8. The van der Waals surface area contributed by atoms with Crippen LogP contribution in [0.25, 0.3) is 33.1 Å². The first kappa shape index (κ1) is 25.9. The van der Waals surface area contributed by atoms with Gasteiger partial charge in [0.05, 0.1) is 11.1 Å². The number of benzene rings is 6. The first-order valence-electron chi connectivity index (χ1n) is 15.8. The van der Waals surface area contributed by atoms with Gasteiger partial charge in [-0.05, 0) is 82.6 Å². The number of allylic oxidation sites excluding steroid dienone is 3. The third-order valence-electron chi connectivity index (χ3n) is 9.55. The first-order chi connectivity index (χ1) is 22.3. The maximum absolute atomic E-state index is 6.65. The van der Waals surface area contributed by atoms with Crippen LogP contribution in [0.3, 0.4) is 0 Å². The van der Waals surface area contributed by atoms with Crippen molar-refractivity contribution in [1.82, 2.24) is 0 Å². The third-order valence-corrected chi connectivity index (χ3v) is 9.55. The van der Waals surface area contributed by atoms with E-state index in [1.165, 1.54) is 39.1 Å². The number of para-hydroxylation sites is 2. The second-order valence-electron chi connectivity index (χ2n) is 12.0. The van der Waals surface area contributed by atoms with Gasteiger partial charge in [0.2, 0.25) is 0 Å². The summed E-state index contributed by atoms with van der Waals surface area (Å²) in [7, 11) is 0. The molecule has 0 unspecified atom stereocenters. The molecule has 0 saturated carbocycles. The highest BCUT2D eigenvalue weighted by Crippen LogP contribution is 2.59. The van der Waals surface area contributed by atoms with E-state index in [1.54, 1.807) is 0 Å². The van der Waals surface area contributed by atoms with Gasteiger partial charge in [-0.1, -0.05) is 127 Å². The largest absolute Gasteiger partial charge is 0.456 e. The minimum Gasteiger partial charge on any atom is -0.456 e. The lowest BCUT2D eigenvalue weighted by Crippen LogP contribution is -2.31. The summed E-state index contributed by atoms with van der Waals surface area (Å²) in [6.45, 7) is 0. The van der Waals surface area contributed by atoms with Gasteiger partial charge in [0, 0.05) is 22.2 Å². The molecule has 214 valence electrons. The molecule has 0 fully saturated rings. The van der Waals surface area contributed by atoms with Gasteiger partial charge in [-0.15, -0.1) is 0 Å². The second kappa shape index (κ2) is 10.2. The van der Waals surface area contributed by atoms with Crippen molar-refractivity contribution in [3.8, 4) is 11.1 Å². The summed E-state index contributed by atoms with van der Waals surface area (Å²) in [6.07, 6.45) is 9.02. The highest BCUT2D eigenvalue weighted by Gasteiger charge is 2.48. The molecule has 0 atom stereocenters. The Labute approximate surface area is 263 Å². The maximum atomic E-state index is 6.65. The van der Waals surface area contributed by atoms with Crippen LogP contribution < -0.4 is 4.90 Å². The van der Waals surface area contributed by atoms with Crippen molar-refractivity contribution >= 4 is 33.3 Å². The van der Waals surface area contributed by atoms with E-state index in [9.17, 15) is 0 Å². The molecule has 0 bridgehead atoms. The Hall–Kier alpha value is -5.60. The van der Waals surface area contributed by atoms with E-state index in [2.05, 4.69) is 169 Å². The van der Waals surface area contributed by atoms with Crippen molar-refractivity contribution in [2.75, 3.05) is 4.90 Å². The molecule has 1 heterocycles. The normalized spacial score (nSPS) is 14.7. The first-order valence-corrected chi connectivity index (χ1v) is 15.8. The van der Waals surface area contributed by atoms with Crippen LogP contribution in [0, 0.1) is 0 Å². The molecule has 1 aromatic heterocycles. The van der Waals surface area contributed by atoms with Crippen LogP contribution in [0.2, 0.25) is 0 Å². The number of furan rings is 1. The van der Waals surface area contributed by atoms with Crippen molar-refractivity contribution in [2.24, 2.45) is 0 Å². The molecule has 0 radical (unpaired) electrons. The number of fused-ring (bicyclic) bond motifs is 6. The van der Waals surface area contributed by atoms with Crippen LogP contribution in [0.1, 0.15) is 35.1 Å². The summed E-state index contributed by atoms with van der Waals surface area (Å²) < 4.78 is 6.65. The summed E-state index contributed by atoms with van der Waals surface area (Å²) in [4.78, 5) is 2.46. The lowest BCUT2D eigenvalue weighted by atomic mass is 9.67. The Kier molecular flexibility index (Phi) is 5.89. The third kappa shape index (κ3) is 3.82. The molecular formula is C43H31NO. The highest BCUT2D eigenvalue weighted by atomic mass is 16.3. The van der Waals surface area contributed by atoms with Crippen molar-refractivity contribution in [3.63, 3.8) is 0 Å². The Morgan fingerprint density at radius 3 is 1.89 bits per heavy atom. The predicted octanol–water partition coefficient (Wildman–Crippen LogP) is 11.3. The SMILES string of the molecule is C1=CC(N(c2ccccc2)c2cc3c(cc2C2(c4ccccc4)c4ccccc4-c4ccccc42)oc2ccccc23)=CCC1. The number of rotatable bonds is 5. The molecule has 2 aliphatic carbocycles. The molecule has 9 rings (SSSR count). The summed E-state index contributed by atoms with van der Waals surface area (Å²) in [6, 6.07) is 52.8. The molecule has 2 nitrogen and oxygen atoms in total. The molecule has 7 aromatic rings. The average molecular weight is 578 g/mol. The quantitative estimate of drug-likeness (QED) is 0.202. The molecule has 2 heteroatoms. The molecule has 6 aromatic carbocycles. The molecule has 0 saturated heterocycles. The molecule has 0 amide bonds. The Bertz CT molecular complexity index is 2230. The molecule has 0 aliphatic heterocycles. The highest BCUT2D eigenvalue weighted by molar-refractivity contribution is 6.07. The summed E-state index contributed by atoms with van der Waals surface area (Å²) in [5, 5.41) is 2.25. The second-order valence-corrected chi connectivity index (χ2v) is 12.0. The summed E-state index contributed by atoms with van der Waals surface area (Å²) in [5.74, 6) is 0. The van der Waals surface area contributed by atoms with Crippen molar-refractivity contribution in [3.05, 3.63) is 192 Å². The van der Waals surface area contributed by atoms with Gasteiger partial charge in [-0.2, -0.15) is 0 Å². The van der Waals surface area contributed by atoms with E-state index < -0.39 is 5.41 Å². The standard InChI is InChI=1S/C43H31NO/c1-4-16-30(17-5-1)43(37-25-13-10-22-33(37)34-23-11-14-26-38(34)43)39-29-42-36(35-24-12-15-27-41(35)45-42)28-40(39)44(31-18-6-2-7-19-31)32-20-8-3-9-21-32/h1-2,4-8,10-29H,3,9H2. The van der Waals surface area contributed by atoms with Gasteiger partial charge < -0.3 is 9.32 Å². The maximum Gasteiger partial charge on any atom is 0.135 e. The molecule has 45 heavy (non-hydrogen) atoms. The van der Waals surface area contributed by atoms with Crippen LogP contribution in [0.15, 0.2) is 174 Å². The van der Waals surface area contributed by atoms with Crippen molar-refractivity contribution in [2.45, 2.75) is 18.3 Å². The van der Waals surface area contributed by atoms with Gasteiger partial charge in [-0.3, -0.25) is 0 Å². The fraction of sp³-hybridized carbons (Fsp3) is 0.0698. The van der Waals surface area contributed by atoms with Crippen LogP contribution in [-0.2, 0) is 5.41 Å². The molecule has 0 spiro atoms. The predicted molar refractivity (Wildman–Crippen MR) is 186 cm³/mol. The number of nitrogens with zero attached hydrogens (tertiary/aromatic N) is 1. The molecular weight excluding hydrogens is 546 g/mol. The van der Waals surface area contributed by atoms with Crippen LogP contribution in [0.5, 0.6) is 0 Å². The van der Waals surface area contributed by atoms with Crippen molar-refractivity contribution < 1.29 is 4.42 Å². The Morgan fingerprint density at radius 2 is 1.18 bits per heavy atom. The zero-order valence-electron chi connectivity index (χ0n) is 24.9. The van der Waals surface area contributed by atoms with E-state index in [0.717, 1.165) is 46.2 Å². The fourth-order valence-corrected chi connectivity index (χ4v) is 7.69. The topological polar surface area (TPSA) is 16.4 Å². The van der Waals surface area contributed by atoms with E-state index in [4.69, 9.17) is 4.42 Å². The van der Waals surface area contributed by atoms with E-state index in [1.807, 2.05) is 0 Å². The lowest BCUT2D eigenvalue weighted by Gasteiger charge is -2.38. The van der Waals surface area contributed by atoms with Gasteiger partial charge in [0.25, 0.3) is 0 Å². The molecule has 2 aliphatic rings. The van der Waals surface area contributed by atoms with E-state index in [-0.39, 0.29) is 0 Å².